The fourth-order valence-corrected chi connectivity index (χ4v) is 7.47. The van der Waals surface area contributed by atoms with Gasteiger partial charge in [0.25, 0.3) is 0 Å². The quantitative estimate of drug-likeness (QED) is 0.0951. The average molecular weight is 758 g/mol. The van der Waals surface area contributed by atoms with E-state index in [4.69, 9.17) is 4.74 Å². The first-order valence-corrected chi connectivity index (χ1v) is 20.0. The average Bonchev–Trinajstić information content (AvgIpc) is 3.96. The summed E-state index contributed by atoms with van der Waals surface area (Å²) in [5, 5.41) is 12.4. The summed E-state index contributed by atoms with van der Waals surface area (Å²) < 4.78 is 5.52. The van der Waals surface area contributed by atoms with Gasteiger partial charge in [0.15, 0.2) is 0 Å². The normalized spacial score (nSPS) is 14.1. The zero-order valence-electron chi connectivity index (χ0n) is 30.8. The lowest BCUT2D eigenvalue weighted by molar-refractivity contribution is -0.124. The van der Waals surface area contributed by atoms with Gasteiger partial charge in [0, 0.05) is 49.7 Å². The summed E-state index contributed by atoms with van der Waals surface area (Å²) in [6, 6.07) is 18.5. The first-order chi connectivity index (χ1) is 25.7. The lowest BCUT2D eigenvalue weighted by Crippen LogP contribution is -2.53. The molecule has 0 radical (unpaired) electrons. The maximum atomic E-state index is 14.2. The number of thiazole rings is 2. The van der Waals surface area contributed by atoms with Crippen LogP contribution in [0.4, 0.5) is 9.59 Å². The van der Waals surface area contributed by atoms with Crippen LogP contribution in [-0.4, -0.2) is 76.1 Å². The van der Waals surface area contributed by atoms with Crippen molar-refractivity contribution in [3.63, 3.8) is 0 Å². The van der Waals surface area contributed by atoms with Crippen LogP contribution in [0.1, 0.15) is 72.2 Å². The number of hydrogen-bond donors (Lipinski definition) is 3. The third-order valence-electron chi connectivity index (χ3n) is 9.04. The minimum absolute atomic E-state index is 0.152. The van der Waals surface area contributed by atoms with Gasteiger partial charge in [-0.15, -0.1) is 22.7 Å². The summed E-state index contributed by atoms with van der Waals surface area (Å²) in [5.74, 6) is 0.0833. The first-order valence-electron chi connectivity index (χ1n) is 18.3. The molecule has 11 nitrogen and oxygen atoms in total. The zero-order chi connectivity index (χ0) is 37.4. The molecule has 4 amide bonds. The van der Waals surface area contributed by atoms with E-state index in [0.29, 0.717) is 51.1 Å². The highest BCUT2D eigenvalue weighted by Gasteiger charge is 2.27. The van der Waals surface area contributed by atoms with Gasteiger partial charge >= 0.3 is 12.1 Å². The lowest BCUT2D eigenvalue weighted by atomic mass is 9.95. The van der Waals surface area contributed by atoms with E-state index in [1.807, 2.05) is 66.0 Å². The van der Waals surface area contributed by atoms with E-state index in [1.165, 1.54) is 11.3 Å². The molecule has 13 heteroatoms. The Kier molecular flexibility index (Phi) is 15.2. The minimum Gasteiger partial charge on any atom is -0.444 e. The predicted molar refractivity (Wildman–Crippen MR) is 211 cm³/mol. The molecular weight excluding hydrogens is 707 g/mol. The van der Waals surface area contributed by atoms with E-state index >= 15 is 0 Å². The Hall–Kier alpha value is -4.75. The van der Waals surface area contributed by atoms with Crippen molar-refractivity contribution in [1.29, 1.82) is 0 Å². The largest absolute Gasteiger partial charge is 0.444 e. The van der Waals surface area contributed by atoms with Gasteiger partial charge in [0.05, 0.1) is 27.6 Å². The van der Waals surface area contributed by atoms with Crippen molar-refractivity contribution in [1.82, 2.24) is 35.7 Å². The molecule has 1 aliphatic rings. The first kappa shape index (κ1) is 39.5. The van der Waals surface area contributed by atoms with Crippen molar-refractivity contribution < 1.29 is 19.1 Å². The number of aromatic nitrogens is 2. The maximum absolute atomic E-state index is 14.2. The number of nitrogens with zero attached hydrogens (tertiary/aromatic N) is 4. The highest BCUT2D eigenvalue weighted by Crippen LogP contribution is 2.20. The number of carbonyl (C=O) groups excluding carboxylic acids is 3. The second kappa shape index (κ2) is 20.5. The highest BCUT2D eigenvalue weighted by atomic mass is 32.1. The molecule has 282 valence electrons. The van der Waals surface area contributed by atoms with Gasteiger partial charge in [0.2, 0.25) is 5.91 Å². The second-order valence-electron chi connectivity index (χ2n) is 13.7. The third kappa shape index (κ3) is 13.3. The Labute approximate surface area is 320 Å². The molecule has 0 saturated carbocycles. The summed E-state index contributed by atoms with van der Waals surface area (Å²) in [6.45, 7) is 6.23. The molecule has 0 fully saturated rings. The van der Waals surface area contributed by atoms with Gasteiger partial charge in [-0.05, 0) is 55.9 Å². The van der Waals surface area contributed by atoms with Crippen LogP contribution in [0.15, 0.2) is 90.0 Å². The number of carbonyl (C=O) groups is 3. The molecule has 0 aliphatic carbocycles. The Bertz CT molecular complexity index is 1730. The van der Waals surface area contributed by atoms with Gasteiger partial charge < -0.3 is 30.5 Å². The zero-order valence-corrected chi connectivity index (χ0v) is 32.4. The number of hydrogen-bond acceptors (Lipinski definition) is 9. The van der Waals surface area contributed by atoms with Gasteiger partial charge in [-0.3, -0.25) is 9.78 Å². The molecule has 1 aliphatic heterocycles. The Morgan fingerprint density at radius 3 is 2.17 bits per heavy atom. The van der Waals surface area contributed by atoms with Crippen LogP contribution in [-0.2, 0) is 35.5 Å². The molecule has 53 heavy (non-hydrogen) atoms. The molecule has 5 rings (SSSR count). The molecule has 2 aromatic carbocycles. The monoisotopic (exact) mass is 757 g/mol. The molecule has 3 N–H and O–H groups in total. The van der Waals surface area contributed by atoms with Crippen LogP contribution < -0.4 is 16.0 Å². The van der Waals surface area contributed by atoms with Gasteiger partial charge in [-0.25, -0.2) is 14.6 Å². The molecule has 3 heterocycles. The van der Waals surface area contributed by atoms with Crippen LogP contribution in [0.3, 0.4) is 0 Å². The highest BCUT2D eigenvalue weighted by molar-refractivity contribution is 7.09. The summed E-state index contributed by atoms with van der Waals surface area (Å²) in [5.41, 5.74) is 4.71. The number of alkyl carbamates (subject to hydrolysis) is 1. The number of ether oxygens (including phenoxy) is 1. The fourth-order valence-electron chi connectivity index (χ4n) is 6.13. The number of amides is 4. The van der Waals surface area contributed by atoms with Crippen LogP contribution in [0, 0.1) is 0 Å². The Balaban J connectivity index is 1.27. The summed E-state index contributed by atoms with van der Waals surface area (Å²) in [7, 11) is 1.72. The number of benzene rings is 2. The third-order valence-corrected chi connectivity index (χ3v) is 11.0. The van der Waals surface area contributed by atoms with Crippen LogP contribution in [0.5, 0.6) is 0 Å². The maximum Gasteiger partial charge on any atom is 0.407 e. The van der Waals surface area contributed by atoms with Crippen LogP contribution in [0.25, 0.3) is 0 Å². The fraction of sp³-hybridized carbons (Fsp3) is 0.425. The molecule has 3 atom stereocenters. The number of nitrogens with one attached hydrogen (secondary N) is 3. The molecule has 0 bridgehead atoms. The standard InChI is InChI=1S/C40H51N7O4S2/c1-29(2)38-43-34(27-52-38)25-46(3)39(49)45-36(18-21-47-19-10-11-20-47)37(48)42-32(22-30-12-6-4-7-13-30)16-17-33(23-31-14-8-5-9-15-31)44-40(50)51-26-35-24-41-28-53-35/h4-10,12-15,19,24,27-29,32-33,36H,11,16-18,20-23,25-26H2,1-3H3,(H,42,48)(H,44,50)(H,45,49)/t32-,33-,36+/m1/s1. The second-order valence-corrected chi connectivity index (χ2v) is 15.6. The summed E-state index contributed by atoms with van der Waals surface area (Å²) in [6.07, 6.45) is 9.16. The Morgan fingerprint density at radius 2 is 1.58 bits per heavy atom. The van der Waals surface area contributed by atoms with Crippen molar-refractivity contribution in [2.75, 3.05) is 20.1 Å². The topological polar surface area (TPSA) is 129 Å². The molecule has 0 unspecified atom stereocenters. The SMILES string of the molecule is CC(C)c1nc(CN(C)C(=O)N[C@@H](CCN2C=CCC2)C(=O)N[C@H](CC[C@H](Cc2ccccc2)NC(=O)OCc2cncs2)Cc2ccccc2)cs1. The predicted octanol–water partition coefficient (Wildman–Crippen LogP) is 6.89. The van der Waals surface area contributed by atoms with E-state index < -0.39 is 12.1 Å². The van der Waals surface area contributed by atoms with Crippen molar-refractivity contribution >= 4 is 40.7 Å². The molecule has 2 aromatic heterocycles. The Morgan fingerprint density at radius 1 is 0.906 bits per heavy atom. The molecule has 4 aromatic rings. The van der Waals surface area contributed by atoms with Gasteiger partial charge in [0.1, 0.15) is 12.6 Å². The summed E-state index contributed by atoms with van der Waals surface area (Å²) in [4.78, 5) is 54.0. The number of rotatable bonds is 19. The molecule has 0 spiro atoms. The van der Waals surface area contributed by atoms with E-state index in [9.17, 15) is 14.4 Å². The van der Waals surface area contributed by atoms with Crippen molar-refractivity contribution in [3.8, 4) is 0 Å². The van der Waals surface area contributed by atoms with Gasteiger partial charge in [-0.2, -0.15) is 0 Å². The van der Waals surface area contributed by atoms with Crippen molar-refractivity contribution in [3.05, 3.63) is 117 Å². The smallest absolute Gasteiger partial charge is 0.407 e. The summed E-state index contributed by atoms with van der Waals surface area (Å²) >= 11 is 3.03. The lowest BCUT2D eigenvalue weighted by Gasteiger charge is -2.28. The van der Waals surface area contributed by atoms with Crippen LogP contribution in [0.2, 0.25) is 0 Å². The number of urea groups is 1. The van der Waals surface area contributed by atoms with Crippen molar-refractivity contribution in [2.24, 2.45) is 0 Å². The molecular formula is C40H51N7O4S2. The van der Waals surface area contributed by atoms with Crippen LogP contribution >= 0.6 is 22.7 Å². The van der Waals surface area contributed by atoms with E-state index in [-0.39, 0.29) is 30.6 Å². The minimum atomic E-state index is -0.751. The van der Waals surface area contributed by atoms with E-state index in [0.717, 1.165) is 39.7 Å². The molecule has 0 saturated heterocycles. The van der Waals surface area contributed by atoms with Crippen molar-refractivity contribution in [2.45, 2.75) is 89.6 Å². The van der Waals surface area contributed by atoms with Gasteiger partial charge in [-0.1, -0.05) is 80.6 Å². The van der Waals surface area contributed by atoms with E-state index in [2.05, 4.69) is 56.9 Å². The van der Waals surface area contributed by atoms with E-state index in [1.54, 1.807) is 35.0 Å².